The molecule has 0 saturated heterocycles. The SMILES string of the molecule is CN1C=CN(CC(=O)c2cccc(C(F)(F)F)c2)C1. The highest BCUT2D eigenvalue weighted by atomic mass is 19.4. The number of ketones is 1. The zero-order valence-corrected chi connectivity index (χ0v) is 10.3. The summed E-state index contributed by atoms with van der Waals surface area (Å²) in [6, 6.07) is 4.51. The number of Topliss-reactive ketones (excluding diaryl/α,β-unsaturated/α-hetero) is 1. The van der Waals surface area contributed by atoms with Crippen molar-refractivity contribution in [2.75, 3.05) is 20.3 Å². The molecule has 2 rings (SSSR count). The van der Waals surface area contributed by atoms with E-state index in [0.29, 0.717) is 6.67 Å². The summed E-state index contributed by atoms with van der Waals surface area (Å²) in [5.74, 6) is -0.328. The lowest BCUT2D eigenvalue weighted by molar-refractivity contribution is -0.137. The molecule has 0 aliphatic carbocycles. The second-order valence-electron chi connectivity index (χ2n) is 4.45. The topological polar surface area (TPSA) is 23.6 Å². The van der Waals surface area contributed by atoms with E-state index >= 15 is 0 Å². The van der Waals surface area contributed by atoms with Crippen LogP contribution in [0.3, 0.4) is 0 Å². The summed E-state index contributed by atoms with van der Waals surface area (Å²) in [4.78, 5) is 15.5. The first-order valence-electron chi connectivity index (χ1n) is 5.69. The molecule has 1 aliphatic heterocycles. The van der Waals surface area contributed by atoms with Crippen LogP contribution < -0.4 is 0 Å². The minimum Gasteiger partial charge on any atom is -0.362 e. The summed E-state index contributed by atoms with van der Waals surface area (Å²) >= 11 is 0. The highest BCUT2D eigenvalue weighted by molar-refractivity contribution is 5.97. The van der Waals surface area contributed by atoms with Crippen molar-refractivity contribution in [1.82, 2.24) is 9.80 Å². The van der Waals surface area contributed by atoms with Gasteiger partial charge in [-0.25, -0.2) is 0 Å². The van der Waals surface area contributed by atoms with Gasteiger partial charge in [-0.2, -0.15) is 13.2 Å². The molecule has 1 aromatic rings. The van der Waals surface area contributed by atoms with Gasteiger partial charge < -0.3 is 9.80 Å². The van der Waals surface area contributed by atoms with E-state index in [4.69, 9.17) is 0 Å². The third kappa shape index (κ3) is 3.27. The van der Waals surface area contributed by atoms with Crippen LogP contribution in [0.15, 0.2) is 36.7 Å². The second-order valence-corrected chi connectivity index (χ2v) is 4.45. The van der Waals surface area contributed by atoms with E-state index in [1.165, 1.54) is 12.1 Å². The molecule has 0 fully saturated rings. The number of carbonyl (C=O) groups is 1. The van der Waals surface area contributed by atoms with E-state index in [0.717, 1.165) is 12.1 Å². The third-order valence-corrected chi connectivity index (χ3v) is 2.80. The van der Waals surface area contributed by atoms with Crippen molar-refractivity contribution in [3.63, 3.8) is 0 Å². The van der Waals surface area contributed by atoms with Crippen molar-refractivity contribution in [1.29, 1.82) is 0 Å². The maximum absolute atomic E-state index is 12.5. The smallest absolute Gasteiger partial charge is 0.362 e. The highest BCUT2D eigenvalue weighted by Gasteiger charge is 2.31. The zero-order chi connectivity index (χ0) is 14.0. The van der Waals surface area contributed by atoms with Crippen LogP contribution in [-0.4, -0.2) is 35.8 Å². The number of rotatable bonds is 3. The average molecular weight is 270 g/mol. The van der Waals surface area contributed by atoms with Gasteiger partial charge in [0.15, 0.2) is 5.78 Å². The molecule has 0 radical (unpaired) electrons. The Morgan fingerprint density at radius 1 is 1.32 bits per heavy atom. The zero-order valence-electron chi connectivity index (χ0n) is 10.3. The van der Waals surface area contributed by atoms with Crippen molar-refractivity contribution in [3.05, 3.63) is 47.8 Å². The Hall–Kier alpha value is -1.98. The van der Waals surface area contributed by atoms with Gasteiger partial charge in [0, 0.05) is 25.0 Å². The van der Waals surface area contributed by atoms with Crippen molar-refractivity contribution in [3.8, 4) is 0 Å². The van der Waals surface area contributed by atoms with Crippen molar-refractivity contribution >= 4 is 5.78 Å². The fraction of sp³-hybridized carbons (Fsp3) is 0.308. The van der Waals surface area contributed by atoms with Crippen LogP contribution in [-0.2, 0) is 6.18 Å². The van der Waals surface area contributed by atoms with Gasteiger partial charge >= 0.3 is 6.18 Å². The number of benzene rings is 1. The average Bonchev–Trinajstić information content (AvgIpc) is 2.74. The first kappa shape index (κ1) is 13.5. The summed E-state index contributed by atoms with van der Waals surface area (Å²) in [6.07, 6.45) is -0.880. The van der Waals surface area contributed by atoms with Crippen LogP contribution in [0.4, 0.5) is 13.2 Å². The van der Waals surface area contributed by atoms with E-state index in [-0.39, 0.29) is 17.9 Å². The highest BCUT2D eigenvalue weighted by Crippen LogP contribution is 2.29. The molecule has 0 saturated carbocycles. The summed E-state index contributed by atoms with van der Waals surface area (Å²) in [5.41, 5.74) is -0.717. The first-order valence-corrected chi connectivity index (χ1v) is 5.69. The number of hydrogen-bond acceptors (Lipinski definition) is 3. The molecular formula is C13H13F3N2O. The molecule has 0 atom stereocenters. The van der Waals surface area contributed by atoms with Crippen LogP contribution in [0, 0.1) is 0 Å². The molecule has 3 nitrogen and oxygen atoms in total. The quantitative estimate of drug-likeness (QED) is 0.789. The van der Waals surface area contributed by atoms with Crippen LogP contribution in [0.2, 0.25) is 0 Å². The van der Waals surface area contributed by atoms with Gasteiger partial charge in [0.25, 0.3) is 0 Å². The fourth-order valence-corrected chi connectivity index (χ4v) is 1.84. The van der Waals surface area contributed by atoms with E-state index in [1.807, 2.05) is 11.9 Å². The Morgan fingerprint density at radius 3 is 2.63 bits per heavy atom. The molecular weight excluding hydrogens is 257 g/mol. The predicted molar refractivity (Wildman–Crippen MR) is 64.3 cm³/mol. The predicted octanol–water partition coefficient (Wildman–Crippen LogP) is 2.56. The summed E-state index contributed by atoms with van der Waals surface area (Å²) in [5, 5.41) is 0. The number of alkyl halides is 3. The van der Waals surface area contributed by atoms with Crippen LogP contribution >= 0.6 is 0 Å². The van der Waals surface area contributed by atoms with E-state index in [9.17, 15) is 18.0 Å². The van der Waals surface area contributed by atoms with Crippen LogP contribution in [0.25, 0.3) is 0 Å². The lowest BCUT2D eigenvalue weighted by Crippen LogP contribution is -2.28. The minimum atomic E-state index is -4.43. The van der Waals surface area contributed by atoms with Crippen molar-refractivity contribution in [2.45, 2.75) is 6.18 Å². The van der Waals surface area contributed by atoms with E-state index in [1.54, 1.807) is 17.3 Å². The molecule has 0 spiro atoms. The molecule has 0 aromatic heterocycles. The Morgan fingerprint density at radius 2 is 2.05 bits per heavy atom. The maximum Gasteiger partial charge on any atom is 0.416 e. The van der Waals surface area contributed by atoms with Crippen LogP contribution in [0.5, 0.6) is 0 Å². The molecule has 0 unspecified atom stereocenters. The molecule has 1 heterocycles. The fourth-order valence-electron chi connectivity index (χ4n) is 1.84. The van der Waals surface area contributed by atoms with Gasteiger partial charge in [0.2, 0.25) is 0 Å². The molecule has 0 bridgehead atoms. The minimum absolute atomic E-state index is 0.0716. The van der Waals surface area contributed by atoms with Gasteiger partial charge in [-0.05, 0) is 12.1 Å². The summed E-state index contributed by atoms with van der Waals surface area (Å²) in [7, 11) is 1.85. The Kier molecular flexibility index (Phi) is 3.50. The number of nitrogens with zero attached hydrogens (tertiary/aromatic N) is 2. The first-order chi connectivity index (χ1) is 8.86. The molecule has 1 aromatic carbocycles. The van der Waals surface area contributed by atoms with Gasteiger partial charge in [-0.1, -0.05) is 12.1 Å². The van der Waals surface area contributed by atoms with Crippen molar-refractivity contribution < 1.29 is 18.0 Å². The number of halogens is 3. The number of carbonyl (C=O) groups excluding carboxylic acids is 1. The second kappa shape index (κ2) is 4.95. The standard InChI is InChI=1S/C13H13F3N2O/c1-17-5-6-18(9-17)8-12(19)10-3-2-4-11(7-10)13(14,15)16/h2-7H,8-9H2,1H3. The maximum atomic E-state index is 12.5. The Balaban J connectivity index is 2.09. The van der Waals surface area contributed by atoms with Crippen LogP contribution in [0.1, 0.15) is 15.9 Å². The third-order valence-electron chi connectivity index (χ3n) is 2.80. The lowest BCUT2D eigenvalue weighted by atomic mass is 10.1. The molecule has 0 amide bonds. The molecule has 102 valence electrons. The van der Waals surface area contributed by atoms with E-state index < -0.39 is 11.7 Å². The molecule has 6 heteroatoms. The lowest BCUT2D eigenvalue weighted by Gasteiger charge is -2.17. The molecule has 19 heavy (non-hydrogen) atoms. The number of hydrogen-bond donors (Lipinski definition) is 0. The van der Waals surface area contributed by atoms with Crippen molar-refractivity contribution in [2.24, 2.45) is 0 Å². The molecule has 1 aliphatic rings. The van der Waals surface area contributed by atoms with Gasteiger partial charge in [-0.15, -0.1) is 0 Å². The Labute approximate surface area is 108 Å². The summed E-state index contributed by atoms with van der Waals surface area (Å²) in [6.45, 7) is 0.632. The largest absolute Gasteiger partial charge is 0.416 e. The van der Waals surface area contributed by atoms with E-state index in [2.05, 4.69) is 0 Å². The van der Waals surface area contributed by atoms with Gasteiger partial charge in [0.05, 0.1) is 18.8 Å². The normalized spacial score (nSPS) is 15.2. The van der Waals surface area contributed by atoms with Gasteiger partial charge in [-0.3, -0.25) is 4.79 Å². The molecule has 0 N–H and O–H groups in total. The van der Waals surface area contributed by atoms with Gasteiger partial charge in [0.1, 0.15) is 0 Å². The monoisotopic (exact) mass is 270 g/mol. The Bertz CT molecular complexity index is 511. The summed E-state index contributed by atoms with van der Waals surface area (Å²) < 4.78 is 37.6.